The van der Waals surface area contributed by atoms with Gasteiger partial charge in [0.05, 0.1) is 34.9 Å². The molecule has 4 rings (SSSR count). The molecular formula is C15H18ClN3O3S. The molecule has 2 aliphatic rings. The summed E-state index contributed by atoms with van der Waals surface area (Å²) < 4.78 is 26.8. The predicted octanol–water partition coefficient (Wildman–Crippen LogP) is 1.48. The average molecular weight is 356 g/mol. The molecule has 2 aromatic rings. The van der Waals surface area contributed by atoms with Crippen LogP contribution in [0.1, 0.15) is 18.4 Å². The van der Waals surface area contributed by atoms with Crippen LogP contribution in [0.15, 0.2) is 24.8 Å². The maximum absolute atomic E-state index is 11.7. The number of sulfonamides is 1. The van der Waals surface area contributed by atoms with E-state index in [1.54, 1.807) is 24.8 Å². The van der Waals surface area contributed by atoms with Gasteiger partial charge in [0.25, 0.3) is 0 Å². The van der Waals surface area contributed by atoms with Crippen LogP contribution in [0.25, 0.3) is 5.52 Å². The van der Waals surface area contributed by atoms with Gasteiger partial charge < -0.3 is 9.51 Å². The van der Waals surface area contributed by atoms with Crippen molar-refractivity contribution in [3.63, 3.8) is 0 Å². The smallest absolute Gasteiger partial charge is 0.211 e. The Morgan fingerprint density at radius 3 is 2.61 bits per heavy atom. The monoisotopic (exact) mass is 355 g/mol. The van der Waals surface area contributed by atoms with Crippen molar-refractivity contribution >= 4 is 27.1 Å². The fraction of sp³-hybridized carbons (Fsp3) is 0.533. The molecule has 3 heterocycles. The summed E-state index contributed by atoms with van der Waals surface area (Å²) in [7, 11) is -3.16. The Morgan fingerprint density at radius 2 is 2.00 bits per heavy atom. The molecule has 0 bridgehead atoms. The predicted molar refractivity (Wildman–Crippen MR) is 86.7 cm³/mol. The van der Waals surface area contributed by atoms with Crippen molar-refractivity contribution in [2.24, 2.45) is 11.8 Å². The molecule has 0 radical (unpaired) electrons. The maximum Gasteiger partial charge on any atom is 0.211 e. The highest BCUT2D eigenvalue weighted by atomic mass is 35.5. The first-order valence-electron chi connectivity index (χ1n) is 7.55. The fourth-order valence-corrected chi connectivity index (χ4v) is 5.31. The number of pyridine rings is 1. The molecule has 2 aromatic heterocycles. The lowest BCUT2D eigenvalue weighted by Gasteiger charge is -2.26. The Bertz CT molecular complexity index is 865. The molecule has 1 aliphatic carbocycles. The van der Waals surface area contributed by atoms with E-state index >= 15 is 0 Å². The van der Waals surface area contributed by atoms with Crippen molar-refractivity contribution in [2.45, 2.75) is 18.4 Å². The number of halogens is 1. The summed E-state index contributed by atoms with van der Waals surface area (Å²) >= 11 is 6.18. The third-order valence-corrected chi connectivity index (χ3v) is 6.64. The van der Waals surface area contributed by atoms with E-state index < -0.39 is 15.6 Å². The van der Waals surface area contributed by atoms with Crippen molar-refractivity contribution < 1.29 is 13.5 Å². The zero-order chi connectivity index (χ0) is 16.4. The summed E-state index contributed by atoms with van der Waals surface area (Å²) in [5.74, 6) is 0.355. The molecular weight excluding hydrogens is 338 g/mol. The van der Waals surface area contributed by atoms with E-state index in [0.29, 0.717) is 31.0 Å². The molecule has 0 spiro atoms. The second kappa shape index (κ2) is 4.92. The highest BCUT2D eigenvalue weighted by molar-refractivity contribution is 7.88. The maximum atomic E-state index is 11.7. The molecule has 0 aromatic carbocycles. The minimum absolute atomic E-state index is 0.177. The summed E-state index contributed by atoms with van der Waals surface area (Å²) in [5, 5.41) is 11.8. The SMILES string of the molecule is CS(=O)(=O)N1CC2CC(O)(c3cc(Cl)cn4cncc34)CC2C1. The number of aliphatic hydroxyl groups is 1. The standard InChI is InChI=1S/C15H18ClN3O3S/c1-23(21,22)19-6-10-3-15(20,4-11(10)7-19)13-2-12(16)8-18-9-17-5-14(13)18/h2,5,8-11,20H,3-4,6-7H2,1H3. The lowest BCUT2D eigenvalue weighted by molar-refractivity contribution is 0.0350. The molecule has 8 heteroatoms. The van der Waals surface area contributed by atoms with Crippen LogP contribution in [0, 0.1) is 11.8 Å². The Labute approximate surface area is 139 Å². The van der Waals surface area contributed by atoms with E-state index in [2.05, 4.69) is 4.98 Å². The van der Waals surface area contributed by atoms with Crippen LogP contribution >= 0.6 is 11.6 Å². The zero-order valence-corrected chi connectivity index (χ0v) is 14.3. The van der Waals surface area contributed by atoms with Gasteiger partial charge in [-0.1, -0.05) is 11.6 Å². The molecule has 1 aliphatic heterocycles. The Hall–Kier alpha value is -1.15. The number of fused-ring (bicyclic) bond motifs is 2. The minimum atomic E-state index is -3.16. The Balaban J connectivity index is 1.68. The normalized spacial score (nSPS) is 31.8. The van der Waals surface area contributed by atoms with Gasteiger partial charge in [0, 0.05) is 24.8 Å². The van der Waals surface area contributed by atoms with Gasteiger partial charge in [0.2, 0.25) is 10.0 Å². The zero-order valence-electron chi connectivity index (χ0n) is 12.7. The molecule has 1 N–H and O–H groups in total. The van der Waals surface area contributed by atoms with Crippen LogP contribution in [0.2, 0.25) is 5.02 Å². The first-order valence-corrected chi connectivity index (χ1v) is 9.78. The first kappa shape index (κ1) is 15.4. The molecule has 1 saturated heterocycles. The minimum Gasteiger partial charge on any atom is -0.385 e. The number of imidazole rings is 1. The summed E-state index contributed by atoms with van der Waals surface area (Å²) in [6.45, 7) is 0.976. The number of rotatable bonds is 2. The van der Waals surface area contributed by atoms with E-state index in [9.17, 15) is 13.5 Å². The fourth-order valence-electron chi connectivity index (χ4n) is 4.17. The van der Waals surface area contributed by atoms with Crippen molar-refractivity contribution in [1.29, 1.82) is 0 Å². The van der Waals surface area contributed by atoms with Crippen LogP contribution < -0.4 is 0 Å². The summed E-state index contributed by atoms with van der Waals surface area (Å²) in [6, 6.07) is 1.80. The van der Waals surface area contributed by atoms with E-state index in [-0.39, 0.29) is 11.8 Å². The highest BCUT2D eigenvalue weighted by Crippen LogP contribution is 2.50. The summed E-state index contributed by atoms with van der Waals surface area (Å²) in [6.07, 6.45) is 7.48. The third-order valence-electron chi connectivity index (χ3n) is 5.20. The summed E-state index contributed by atoms with van der Waals surface area (Å²) in [5.41, 5.74) is 0.644. The molecule has 2 fully saturated rings. The highest BCUT2D eigenvalue weighted by Gasteiger charge is 2.51. The van der Waals surface area contributed by atoms with E-state index in [1.165, 1.54) is 10.6 Å². The molecule has 124 valence electrons. The number of nitrogens with zero attached hydrogens (tertiary/aromatic N) is 3. The molecule has 2 atom stereocenters. The van der Waals surface area contributed by atoms with Crippen LogP contribution in [0.4, 0.5) is 0 Å². The van der Waals surface area contributed by atoms with E-state index in [0.717, 1.165) is 11.1 Å². The summed E-state index contributed by atoms with van der Waals surface area (Å²) in [4.78, 5) is 4.13. The quantitative estimate of drug-likeness (QED) is 0.885. The van der Waals surface area contributed by atoms with E-state index in [1.807, 2.05) is 4.40 Å². The van der Waals surface area contributed by atoms with Gasteiger partial charge in [-0.05, 0) is 30.7 Å². The molecule has 2 unspecified atom stereocenters. The topological polar surface area (TPSA) is 74.9 Å². The molecule has 23 heavy (non-hydrogen) atoms. The molecule has 0 amide bonds. The Morgan fingerprint density at radius 1 is 1.35 bits per heavy atom. The second-order valence-electron chi connectivity index (χ2n) is 6.80. The van der Waals surface area contributed by atoms with Crippen LogP contribution in [-0.4, -0.2) is 46.6 Å². The van der Waals surface area contributed by atoms with Crippen LogP contribution in [0.3, 0.4) is 0 Å². The number of aromatic nitrogens is 2. The lowest BCUT2D eigenvalue weighted by atomic mass is 9.90. The van der Waals surface area contributed by atoms with Crippen LogP contribution in [0.5, 0.6) is 0 Å². The van der Waals surface area contributed by atoms with Crippen molar-refractivity contribution in [3.8, 4) is 0 Å². The van der Waals surface area contributed by atoms with Gasteiger partial charge in [-0.3, -0.25) is 0 Å². The van der Waals surface area contributed by atoms with Crippen molar-refractivity contribution in [2.75, 3.05) is 19.3 Å². The lowest BCUT2D eigenvalue weighted by Crippen LogP contribution is -2.32. The number of hydrogen-bond donors (Lipinski definition) is 1. The second-order valence-corrected chi connectivity index (χ2v) is 9.22. The molecule has 1 saturated carbocycles. The Kier molecular flexibility index (Phi) is 3.29. The van der Waals surface area contributed by atoms with Crippen molar-refractivity contribution in [1.82, 2.24) is 13.7 Å². The number of hydrogen-bond acceptors (Lipinski definition) is 4. The largest absolute Gasteiger partial charge is 0.385 e. The third kappa shape index (κ3) is 2.46. The van der Waals surface area contributed by atoms with Gasteiger partial charge >= 0.3 is 0 Å². The first-order chi connectivity index (χ1) is 10.8. The van der Waals surface area contributed by atoms with Gasteiger partial charge in [0.15, 0.2) is 0 Å². The van der Waals surface area contributed by atoms with Crippen molar-refractivity contribution in [3.05, 3.63) is 35.4 Å². The van der Waals surface area contributed by atoms with Gasteiger partial charge in [0.1, 0.15) is 0 Å². The van der Waals surface area contributed by atoms with Gasteiger partial charge in [-0.25, -0.2) is 17.7 Å². The van der Waals surface area contributed by atoms with Gasteiger partial charge in [-0.2, -0.15) is 0 Å². The van der Waals surface area contributed by atoms with Gasteiger partial charge in [-0.15, -0.1) is 0 Å². The average Bonchev–Trinajstić information content (AvgIpc) is 3.09. The van der Waals surface area contributed by atoms with E-state index in [4.69, 9.17) is 11.6 Å². The molecule has 6 nitrogen and oxygen atoms in total. The van der Waals surface area contributed by atoms with Crippen LogP contribution in [-0.2, 0) is 15.6 Å².